The molecule has 10 nitrogen and oxygen atoms in total. The monoisotopic (exact) mass is 398 g/mol. The predicted molar refractivity (Wildman–Crippen MR) is 104 cm³/mol. The van der Waals surface area contributed by atoms with Crippen LogP contribution in [0.4, 0.5) is 11.4 Å². The van der Waals surface area contributed by atoms with Crippen molar-refractivity contribution in [2.45, 2.75) is 0 Å². The molecule has 10 heteroatoms. The van der Waals surface area contributed by atoms with E-state index in [0.717, 1.165) is 5.69 Å². The molecule has 2 amide bonds. The van der Waals surface area contributed by atoms with E-state index in [9.17, 15) is 24.6 Å². The lowest BCUT2D eigenvalue weighted by atomic mass is 10.2. The number of carbonyl (C=O) groups excluding carboxylic acids is 2. The standard InChI is InChI=1S/C19H18N4O6/c24-14-4-2-12(10-15(14)25)22-5-7-23(8-6-22)18(27)17(26)20-11-1-3-13-16(9-11)29-19(28)21-13/h1-4,9-10,24-25H,5-8H2,(H,20,26)(H,21,28). The van der Waals surface area contributed by atoms with E-state index in [2.05, 4.69) is 10.3 Å². The Kier molecular flexibility index (Phi) is 4.59. The van der Waals surface area contributed by atoms with Crippen molar-refractivity contribution in [3.63, 3.8) is 0 Å². The van der Waals surface area contributed by atoms with Gasteiger partial charge in [0, 0.05) is 49.7 Å². The number of piperazine rings is 1. The number of amides is 2. The van der Waals surface area contributed by atoms with Gasteiger partial charge in [-0.05, 0) is 24.3 Å². The van der Waals surface area contributed by atoms with Gasteiger partial charge in [-0.3, -0.25) is 14.6 Å². The largest absolute Gasteiger partial charge is 0.504 e. The Bertz CT molecular complexity index is 1140. The van der Waals surface area contributed by atoms with Crippen molar-refractivity contribution in [2.24, 2.45) is 0 Å². The van der Waals surface area contributed by atoms with Crippen LogP contribution in [0.3, 0.4) is 0 Å². The third-order valence-electron chi connectivity index (χ3n) is 4.76. The van der Waals surface area contributed by atoms with Crippen LogP contribution >= 0.6 is 0 Å². The predicted octanol–water partition coefficient (Wildman–Crippen LogP) is 0.820. The molecule has 3 aromatic rings. The van der Waals surface area contributed by atoms with Gasteiger partial charge in [0.1, 0.15) is 0 Å². The quantitative estimate of drug-likeness (QED) is 0.370. The molecular formula is C19H18N4O6. The van der Waals surface area contributed by atoms with Crippen LogP contribution < -0.4 is 16.0 Å². The molecule has 1 fully saturated rings. The summed E-state index contributed by atoms with van der Waals surface area (Å²) in [6, 6.07) is 9.14. The highest BCUT2D eigenvalue weighted by molar-refractivity contribution is 6.39. The number of rotatable bonds is 2. The smallest absolute Gasteiger partial charge is 0.417 e. The second-order valence-electron chi connectivity index (χ2n) is 6.63. The highest BCUT2D eigenvalue weighted by atomic mass is 16.4. The lowest BCUT2D eigenvalue weighted by molar-refractivity contribution is -0.143. The fraction of sp³-hybridized carbons (Fsp3) is 0.211. The molecule has 29 heavy (non-hydrogen) atoms. The van der Waals surface area contributed by atoms with Crippen molar-refractivity contribution in [2.75, 3.05) is 36.4 Å². The SMILES string of the molecule is O=C(Nc1ccc2[nH]c(=O)oc2c1)C(=O)N1CCN(c2ccc(O)c(O)c2)CC1. The molecule has 150 valence electrons. The first-order valence-corrected chi connectivity index (χ1v) is 8.91. The van der Waals surface area contributed by atoms with Gasteiger partial charge >= 0.3 is 17.6 Å². The summed E-state index contributed by atoms with van der Waals surface area (Å²) in [5.74, 6) is -2.45. The van der Waals surface area contributed by atoms with Gasteiger partial charge in [0.25, 0.3) is 0 Å². The third-order valence-corrected chi connectivity index (χ3v) is 4.76. The van der Waals surface area contributed by atoms with Crippen LogP contribution in [0.25, 0.3) is 11.1 Å². The van der Waals surface area contributed by atoms with Gasteiger partial charge in [0.15, 0.2) is 17.1 Å². The van der Waals surface area contributed by atoms with E-state index in [4.69, 9.17) is 4.42 Å². The summed E-state index contributed by atoms with van der Waals surface area (Å²) in [7, 11) is 0. The minimum absolute atomic E-state index is 0.198. The van der Waals surface area contributed by atoms with Gasteiger partial charge in [-0.2, -0.15) is 0 Å². The van der Waals surface area contributed by atoms with E-state index in [0.29, 0.717) is 37.4 Å². The number of H-pyrrole nitrogens is 1. The molecule has 0 atom stereocenters. The summed E-state index contributed by atoms with van der Waals surface area (Å²) in [6.07, 6.45) is 0. The van der Waals surface area contributed by atoms with Gasteiger partial charge < -0.3 is 29.7 Å². The Morgan fingerprint density at radius 3 is 2.48 bits per heavy atom. The number of nitrogens with one attached hydrogen (secondary N) is 2. The van der Waals surface area contributed by atoms with Crippen LogP contribution in [0, 0.1) is 0 Å². The molecular weight excluding hydrogens is 380 g/mol. The Balaban J connectivity index is 1.37. The number of aromatic hydroxyl groups is 2. The fourth-order valence-electron chi connectivity index (χ4n) is 3.23. The minimum atomic E-state index is -0.780. The summed E-state index contributed by atoms with van der Waals surface area (Å²) >= 11 is 0. The molecule has 0 saturated carbocycles. The maximum atomic E-state index is 12.5. The summed E-state index contributed by atoms with van der Waals surface area (Å²) in [4.78, 5) is 41.9. The van der Waals surface area contributed by atoms with Crippen molar-refractivity contribution in [1.82, 2.24) is 9.88 Å². The molecule has 0 aliphatic carbocycles. The Morgan fingerprint density at radius 2 is 1.76 bits per heavy atom. The van der Waals surface area contributed by atoms with Gasteiger partial charge in [0.05, 0.1) is 5.52 Å². The van der Waals surface area contributed by atoms with Crippen molar-refractivity contribution in [3.05, 3.63) is 46.9 Å². The Labute approximate surface area is 164 Å². The van der Waals surface area contributed by atoms with Crippen LogP contribution in [0.1, 0.15) is 0 Å². The van der Waals surface area contributed by atoms with Gasteiger partial charge in [0.2, 0.25) is 0 Å². The number of aromatic nitrogens is 1. The molecule has 1 aliphatic rings. The van der Waals surface area contributed by atoms with E-state index in [1.807, 2.05) is 4.90 Å². The minimum Gasteiger partial charge on any atom is -0.504 e. The maximum Gasteiger partial charge on any atom is 0.417 e. The second kappa shape index (κ2) is 7.23. The average Bonchev–Trinajstić information content (AvgIpc) is 3.09. The zero-order valence-corrected chi connectivity index (χ0v) is 15.2. The van der Waals surface area contributed by atoms with Crippen LogP contribution in [-0.4, -0.2) is 58.1 Å². The van der Waals surface area contributed by atoms with Crippen LogP contribution in [0.2, 0.25) is 0 Å². The van der Waals surface area contributed by atoms with Gasteiger partial charge in [-0.25, -0.2) is 4.79 Å². The highest BCUT2D eigenvalue weighted by Gasteiger charge is 2.26. The summed E-state index contributed by atoms with van der Waals surface area (Å²) in [5.41, 5.74) is 1.84. The first kappa shape index (κ1) is 18.4. The number of fused-ring (bicyclic) bond motifs is 1. The molecule has 1 saturated heterocycles. The van der Waals surface area contributed by atoms with E-state index in [-0.39, 0.29) is 17.1 Å². The number of nitrogens with zero attached hydrogens (tertiary/aromatic N) is 2. The Hall–Kier alpha value is -3.95. The number of aromatic amines is 1. The molecule has 0 bridgehead atoms. The number of phenols is 2. The van der Waals surface area contributed by atoms with Crippen molar-refractivity contribution >= 4 is 34.3 Å². The maximum absolute atomic E-state index is 12.5. The average molecular weight is 398 g/mol. The lowest BCUT2D eigenvalue weighted by Gasteiger charge is -2.35. The van der Waals surface area contributed by atoms with E-state index < -0.39 is 17.6 Å². The molecule has 0 radical (unpaired) electrons. The number of phenolic OH excluding ortho intramolecular Hbond substituents is 2. The molecule has 2 heterocycles. The van der Waals surface area contributed by atoms with E-state index in [1.165, 1.54) is 23.1 Å². The van der Waals surface area contributed by atoms with Crippen LogP contribution in [0.5, 0.6) is 11.5 Å². The first-order chi connectivity index (χ1) is 13.9. The molecule has 1 aliphatic heterocycles. The molecule has 2 aromatic carbocycles. The number of oxazole rings is 1. The summed E-state index contributed by atoms with van der Waals surface area (Å²) in [6.45, 7) is 1.62. The Morgan fingerprint density at radius 1 is 1.00 bits per heavy atom. The number of hydrogen-bond acceptors (Lipinski definition) is 7. The normalized spacial score (nSPS) is 14.2. The van der Waals surface area contributed by atoms with E-state index in [1.54, 1.807) is 18.2 Å². The van der Waals surface area contributed by atoms with Gasteiger partial charge in [-0.1, -0.05) is 0 Å². The van der Waals surface area contributed by atoms with Crippen molar-refractivity contribution in [3.8, 4) is 11.5 Å². The van der Waals surface area contributed by atoms with Crippen molar-refractivity contribution in [1.29, 1.82) is 0 Å². The highest BCUT2D eigenvalue weighted by Crippen LogP contribution is 2.29. The molecule has 4 rings (SSSR count). The molecule has 0 spiro atoms. The number of anilines is 2. The van der Waals surface area contributed by atoms with Crippen LogP contribution in [0.15, 0.2) is 45.6 Å². The zero-order valence-electron chi connectivity index (χ0n) is 15.2. The molecule has 1 aromatic heterocycles. The van der Waals surface area contributed by atoms with Gasteiger partial charge in [-0.15, -0.1) is 0 Å². The number of benzene rings is 2. The van der Waals surface area contributed by atoms with E-state index >= 15 is 0 Å². The lowest BCUT2D eigenvalue weighted by Crippen LogP contribution is -2.51. The summed E-state index contributed by atoms with van der Waals surface area (Å²) < 4.78 is 4.94. The zero-order chi connectivity index (χ0) is 20.5. The first-order valence-electron chi connectivity index (χ1n) is 8.91. The second-order valence-corrected chi connectivity index (χ2v) is 6.63. The topological polar surface area (TPSA) is 139 Å². The molecule has 0 unspecified atom stereocenters. The summed E-state index contributed by atoms with van der Waals surface area (Å²) in [5, 5.41) is 21.6. The number of hydrogen-bond donors (Lipinski definition) is 4. The molecule has 4 N–H and O–H groups in total. The number of carbonyl (C=O) groups is 2. The third kappa shape index (κ3) is 3.72. The van der Waals surface area contributed by atoms with Crippen LogP contribution in [-0.2, 0) is 9.59 Å². The fourth-order valence-corrected chi connectivity index (χ4v) is 3.23. The van der Waals surface area contributed by atoms with Crippen molar-refractivity contribution < 1.29 is 24.2 Å².